The van der Waals surface area contributed by atoms with E-state index in [1.54, 1.807) is 18.2 Å². The van der Waals surface area contributed by atoms with Gasteiger partial charge in [0.1, 0.15) is 12.4 Å². The number of carbonyl (C=O) groups is 1. The van der Waals surface area contributed by atoms with E-state index in [0.717, 1.165) is 4.47 Å². The van der Waals surface area contributed by atoms with Crippen LogP contribution in [0.1, 0.15) is 11.6 Å². The molecule has 0 saturated carbocycles. The van der Waals surface area contributed by atoms with Crippen LogP contribution in [-0.4, -0.2) is 17.8 Å². The lowest BCUT2D eigenvalue weighted by Crippen LogP contribution is -2.18. The van der Waals surface area contributed by atoms with E-state index in [0.29, 0.717) is 5.56 Å². The van der Waals surface area contributed by atoms with Crippen LogP contribution in [0.4, 0.5) is 4.79 Å². The van der Waals surface area contributed by atoms with Gasteiger partial charge in [0.2, 0.25) is 0 Å². The van der Waals surface area contributed by atoms with Crippen LogP contribution in [0.2, 0.25) is 0 Å². The second kappa shape index (κ2) is 4.72. The van der Waals surface area contributed by atoms with Crippen LogP contribution < -0.4 is 5.32 Å². The fourth-order valence-corrected chi connectivity index (χ4v) is 1.71. The maximum absolute atomic E-state index is 10.8. The van der Waals surface area contributed by atoms with Gasteiger partial charge in [0, 0.05) is 10.0 Å². The first kappa shape index (κ1) is 12.1. The van der Waals surface area contributed by atoms with Crippen LogP contribution in [-0.2, 0) is 4.74 Å². The van der Waals surface area contributed by atoms with Crippen molar-refractivity contribution in [2.75, 3.05) is 6.61 Å². The Hall–Kier alpha value is -0.940. The predicted octanol–water partition coefficient (Wildman–Crippen LogP) is 2.36. The summed E-state index contributed by atoms with van der Waals surface area (Å²) < 4.78 is 5.53. The zero-order valence-corrected chi connectivity index (χ0v) is 9.97. The van der Waals surface area contributed by atoms with Crippen LogP contribution in [0, 0.1) is 0 Å². The summed E-state index contributed by atoms with van der Waals surface area (Å²) in [5.41, 5.74) is 0.666. The Kier molecular flexibility index (Phi) is 3.82. The van der Waals surface area contributed by atoms with Gasteiger partial charge in [-0.1, -0.05) is 22.0 Å². The molecule has 0 radical (unpaired) electrons. The van der Waals surface area contributed by atoms with E-state index in [1.807, 2.05) is 0 Å². The molecule has 2 N–H and O–H groups in total. The zero-order chi connectivity index (χ0) is 10.1. The second-order valence-corrected chi connectivity index (χ2v) is 3.91. The number of phenolic OH excluding ortho intramolecular Hbond substituents is 1. The summed E-state index contributed by atoms with van der Waals surface area (Å²) in [6, 6.07) is 4.88. The van der Waals surface area contributed by atoms with Crippen molar-refractivity contribution in [1.82, 2.24) is 5.32 Å². The minimum atomic E-state index is -0.447. The van der Waals surface area contributed by atoms with E-state index in [4.69, 9.17) is 4.74 Å². The SMILES string of the molecule is Cl.O=C1N[C@H](c2ccc(Br)cc2O)CO1. The molecule has 0 unspecified atom stereocenters. The Morgan fingerprint density at radius 3 is 2.80 bits per heavy atom. The Balaban J connectivity index is 0.00000112. The summed E-state index contributed by atoms with van der Waals surface area (Å²) in [7, 11) is 0. The number of benzene rings is 1. The number of alkyl carbamates (subject to hydrolysis) is 1. The van der Waals surface area contributed by atoms with Crippen molar-refractivity contribution in [3.05, 3.63) is 28.2 Å². The number of rotatable bonds is 1. The molecule has 1 aliphatic heterocycles. The lowest BCUT2D eigenvalue weighted by molar-refractivity contribution is 0.177. The largest absolute Gasteiger partial charge is 0.508 e. The number of carbonyl (C=O) groups excluding carboxylic acids is 1. The molecule has 0 aliphatic carbocycles. The van der Waals surface area contributed by atoms with E-state index in [9.17, 15) is 9.90 Å². The van der Waals surface area contributed by atoms with Gasteiger partial charge >= 0.3 is 6.09 Å². The molecule has 1 saturated heterocycles. The van der Waals surface area contributed by atoms with E-state index in [2.05, 4.69) is 21.2 Å². The predicted molar refractivity (Wildman–Crippen MR) is 60.3 cm³/mol. The molecule has 1 aliphatic rings. The van der Waals surface area contributed by atoms with E-state index < -0.39 is 6.09 Å². The number of hydrogen-bond donors (Lipinski definition) is 2. The lowest BCUT2D eigenvalue weighted by atomic mass is 10.1. The smallest absolute Gasteiger partial charge is 0.407 e. The lowest BCUT2D eigenvalue weighted by Gasteiger charge is -2.09. The van der Waals surface area contributed by atoms with E-state index in [-0.39, 0.29) is 30.8 Å². The minimum Gasteiger partial charge on any atom is -0.508 e. The third-order valence-electron chi connectivity index (χ3n) is 2.04. The molecule has 0 spiro atoms. The Labute approximate surface area is 101 Å². The summed E-state index contributed by atoms with van der Waals surface area (Å²) >= 11 is 3.24. The number of phenols is 1. The third-order valence-corrected chi connectivity index (χ3v) is 2.53. The van der Waals surface area contributed by atoms with E-state index in [1.165, 1.54) is 0 Å². The number of aromatic hydroxyl groups is 1. The van der Waals surface area contributed by atoms with Crippen molar-refractivity contribution < 1.29 is 14.6 Å². The zero-order valence-electron chi connectivity index (χ0n) is 7.57. The van der Waals surface area contributed by atoms with Gasteiger partial charge in [-0.3, -0.25) is 0 Å². The fraction of sp³-hybridized carbons (Fsp3) is 0.222. The first-order valence-corrected chi connectivity index (χ1v) is 4.88. The number of ether oxygens (including phenoxy) is 1. The molecule has 1 amide bonds. The molecule has 1 aromatic carbocycles. The fourth-order valence-electron chi connectivity index (χ4n) is 1.36. The highest BCUT2D eigenvalue weighted by Crippen LogP contribution is 2.29. The first-order chi connectivity index (χ1) is 6.66. The van der Waals surface area contributed by atoms with Gasteiger partial charge in [-0.05, 0) is 12.1 Å². The van der Waals surface area contributed by atoms with Crippen molar-refractivity contribution in [1.29, 1.82) is 0 Å². The summed E-state index contributed by atoms with van der Waals surface area (Å²) in [5.74, 6) is 0.148. The van der Waals surface area contributed by atoms with Crippen LogP contribution in [0.15, 0.2) is 22.7 Å². The summed E-state index contributed by atoms with van der Waals surface area (Å²) in [5, 5.41) is 12.2. The molecular formula is C9H9BrClNO3. The molecule has 2 rings (SSSR count). The van der Waals surface area contributed by atoms with Crippen LogP contribution >= 0.6 is 28.3 Å². The van der Waals surface area contributed by atoms with Crippen molar-refractivity contribution in [2.45, 2.75) is 6.04 Å². The van der Waals surface area contributed by atoms with Crippen molar-refractivity contribution >= 4 is 34.4 Å². The molecular weight excluding hydrogens is 285 g/mol. The van der Waals surface area contributed by atoms with Crippen LogP contribution in [0.5, 0.6) is 5.75 Å². The average Bonchev–Trinajstić information content (AvgIpc) is 2.51. The number of nitrogens with one attached hydrogen (secondary N) is 1. The van der Waals surface area contributed by atoms with Gasteiger partial charge in [-0.25, -0.2) is 4.79 Å². The van der Waals surface area contributed by atoms with Gasteiger partial charge in [0.05, 0.1) is 6.04 Å². The first-order valence-electron chi connectivity index (χ1n) is 4.08. The van der Waals surface area contributed by atoms with Gasteiger partial charge in [0.15, 0.2) is 0 Å². The number of cyclic esters (lactones) is 1. The van der Waals surface area contributed by atoms with Gasteiger partial charge in [-0.15, -0.1) is 12.4 Å². The molecule has 1 fully saturated rings. The summed E-state index contributed by atoms with van der Waals surface area (Å²) in [6.45, 7) is 0.258. The monoisotopic (exact) mass is 293 g/mol. The Bertz CT molecular complexity index is 386. The molecule has 1 aromatic rings. The highest BCUT2D eigenvalue weighted by molar-refractivity contribution is 9.10. The standard InChI is InChI=1S/C9H8BrNO3.ClH/c10-5-1-2-6(8(12)3-5)7-4-14-9(13)11-7;/h1-3,7,12H,4H2,(H,11,13);1H/t7-;/m0./s1. The molecule has 82 valence electrons. The third kappa shape index (κ3) is 2.54. The Morgan fingerprint density at radius 1 is 1.53 bits per heavy atom. The topological polar surface area (TPSA) is 58.6 Å². The maximum Gasteiger partial charge on any atom is 0.407 e. The maximum atomic E-state index is 10.8. The molecule has 1 atom stereocenters. The van der Waals surface area contributed by atoms with Crippen LogP contribution in [0.25, 0.3) is 0 Å². The molecule has 1 heterocycles. The summed E-state index contributed by atoms with van der Waals surface area (Å²) in [6.07, 6.45) is -0.447. The molecule has 4 nitrogen and oxygen atoms in total. The van der Waals surface area contributed by atoms with Crippen molar-refractivity contribution in [2.24, 2.45) is 0 Å². The van der Waals surface area contributed by atoms with Crippen LogP contribution in [0.3, 0.4) is 0 Å². The van der Waals surface area contributed by atoms with Gasteiger partial charge < -0.3 is 15.2 Å². The summed E-state index contributed by atoms with van der Waals surface area (Å²) in [4.78, 5) is 10.8. The van der Waals surface area contributed by atoms with E-state index >= 15 is 0 Å². The molecule has 0 aromatic heterocycles. The highest BCUT2D eigenvalue weighted by atomic mass is 79.9. The highest BCUT2D eigenvalue weighted by Gasteiger charge is 2.25. The molecule has 6 heteroatoms. The number of hydrogen-bond acceptors (Lipinski definition) is 3. The van der Waals surface area contributed by atoms with Crippen molar-refractivity contribution in [3.8, 4) is 5.75 Å². The Morgan fingerprint density at radius 2 is 2.27 bits per heavy atom. The minimum absolute atomic E-state index is 0. The average molecular weight is 295 g/mol. The molecule has 0 bridgehead atoms. The quantitative estimate of drug-likeness (QED) is 0.836. The number of amides is 1. The van der Waals surface area contributed by atoms with Crippen molar-refractivity contribution in [3.63, 3.8) is 0 Å². The second-order valence-electron chi connectivity index (χ2n) is 3.00. The normalized spacial score (nSPS) is 19.0. The van der Waals surface area contributed by atoms with Gasteiger partial charge in [0.25, 0.3) is 0 Å². The van der Waals surface area contributed by atoms with Gasteiger partial charge in [-0.2, -0.15) is 0 Å². The number of halogens is 2. The molecule has 15 heavy (non-hydrogen) atoms.